The van der Waals surface area contributed by atoms with Crippen LogP contribution in [0.15, 0.2) is 18.2 Å². The number of ether oxygens (including phenoxy) is 1. The number of amides is 1. The number of rotatable bonds is 3. The van der Waals surface area contributed by atoms with Gasteiger partial charge in [0, 0.05) is 12.3 Å². The van der Waals surface area contributed by atoms with E-state index in [1.54, 1.807) is 18.2 Å². The van der Waals surface area contributed by atoms with Gasteiger partial charge >= 0.3 is 0 Å². The maximum Gasteiger partial charge on any atom is 0.230 e. The van der Waals surface area contributed by atoms with Crippen molar-refractivity contribution >= 4 is 28.9 Å². The molecule has 2 atom stereocenters. The first-order valence-electron chi connectivity index (χ1n) is 6.09. The molecule has 1 aliphatic rings. The Kier molecular flexibility index (Phi) is 4.09. The first-order valence-corrected chi connectivity index (χ1v) is 6.47. The van der Waals surface area contributed by atoms with Gasteiger partial charge in [0.15, 0.2) is 0 Å². The van der Waals surface area contributed by atoms with E-state index in [-0.39, 0.29) is 17.9 Å². The summed E-state index contributed by atoms with van der Waals surface area (Å²) in [5.41, 5.74) is 6.83. The predicted molar refractivity (Wildman–Crippen MR) is 72.6 cm³/mol. The van der Waals surface area contributed by atoms with Gasteiger partial charge in [0.2, 0.25) is 5.91 Å². The molecule has 1 aromatic carbocycles. The van der Waals surface area contributed by atoms with Gasteiger partial charge in [-0.1, -0.05) is 18.5 Å². The first kappa shape index (κ1) is 13.2. The van der Waals surface area contributed by atoms with Crippen LogP contribution in [0.25, 0.3) is 0 Å². The molecule has 1 aromatic rings. The van der Waals surface area contributed by atoms with Crippen molar-refractivity contribution in [2.24, 2.45) is 5.92 Å². The second-order valence-corrected chi connectivity index (χ2v) is 4.85. The summed E-state index contributed by atoms with van der Waals surface area (Å²) in [5.74, 6) is -0.0898. The summed E-state index contributed by atoms with van der Waals surface area (Å²) >= 11 is 5.83. The van der Waals surface area contributed by atoms with Crippen LogP contribution in [-0.2, 0) is 9.53 Å². The van der Waals surface area contributed by atoms with Crippen molar-refractivity contribution in [3.63, 3.8) is 0 Å². The maximum atomic E-state index is 12.1. The minimum Gasteiger partial charge on any atom is -0.397 e. The third kappa shape index (κ3) is 2.76. The van der Waals surface area contributed by atoms with Gasteiger partial charge in [-0.15, -0.1) is 0 Å². The minimum absolute atomic E-state index is 0.0129. The van der Waals surface area contributed by atoms with Gasteiger partial charge in [-0.25, -0.2) is 0 Å². The van der Waals surface area contributed by atoms with Gasteiger partial charge in [-0.3, -0.25) is 4.79 Å². The van der Waals surface area contributed by atoms with Crippen LogP contribution in [0.2, 0.25) is 5.02 Å². The van der Waals surface area contributed by atoms with Gasteiger partial charge in [0.1, 0.15) is 0 Å². The third-order valence-electron chi connectivity index (χ3n) is 3.21. The smallest absolute Gasteiger partial charge is 0.230 e. The van der Waals surface area contributed by atoms with Gasteiger partial charge in [-0.2, -0.15) is 0 Å². The van der Waals surface area contributed by atoms with Crippen molar-refractivity contribution in [2.75, 3.05) is 17.7 Å². The lowest BCUT2D eigenvalue weighted by Gasteiger charge is -2.16. The molecule has 2 unspecified atom stereocenters. The number of nitrogen functional groups attached to an aromatic ring is 1. The molecule has 1 amide bonds. The van der Waals surface area contributed by atoms with Crippen LogP contribution in [0.5, 0.6) is 0 Å². The Bertz CT molecular complexity index is 451. The summed E-state index contributed by atoms with van der Waals surface area (Å²) in [6.07, 6.45) is 1.64. The summed E-state index contributed by atoms with van der Waals surface area (Å²) in [7, 11) is 0. The van der Waals surface area contributed by atoms with E-state index in [0.29, 0.717) is 23.0 Å². The molecular formula is C13H17ClN2O2. The number of benzene rings is 1. The number of nitrogens with two attached hydrogens (primary N) is 1. The Labute approximate surface area is 111 Å². The van der Waals surface area contributed by atoms with Crippen molar-refractivity contribution in [3.8, 4) is 0 Å². The molecule has 3 N–H and O–H groups in total. The molecule has 0 bridgehead atoms. The Balaban J connectivity index is 2.04. The molecule has 1 saturated heterocycles. The van der Waals surface area contributed by atoms with Gasteiger partial charge in [0.25, 0.3) is 0 Å². The number of hydrogen-bond acceptors (Lipinski definition) is 3. The molecular weight excluding hydrogens is 252 g/mol. The number of carbonyl (C=O) groups is 1. The second-order valence-electron chi connectivity index (χ2n) is 4.44. The van der Waals surface area contributed by atoms with Crippen molar-refractivity contribution < 1.29 is 9.53 Å². The number of nitrogens with one attached hydrogen (secondary N) is 1. The number of anilines is 2. The fourth-order valence-electron chi connectivity index (χ4n) is 2.21. The van der Waals surface area contributed by atoms with Crippen LogP contribution in [0.3, 0.4) is 0 Å². The highest BCUT2D eigenvalue weighted by Gasteiger charge is 2.32. The molecule has 0 aromatic heterocycles. The van der Waals surface area contributed by atoms with Gasteiger partial charge < -0.3 is 15.8 Å². The average Bonchev–Trinajstić information content (AvgIpc) is 2.82. The van der Waals surface area contributed by atoms with Crippen LogP contribution in [0.1, 0.15) is 19.8 Å². The topological polar surface area (TPSA) is 64.3 Å². The fourth-order valence-corrected chi connectivity index (χ4v) is 2.32. The molecule has 0 radical (unpaired) electrons. The Morgan fingerprint density at radius 3 is 3.06 bits per heavy atom. The fraction of sp³-hybridized carbons (Fsp3) is 0.462. The quantitative estimate of drug-likeness (QED) is 0.829. The van der Waals surface area contributed by atoms with Crippen molar-refractivity contribution in [2.45, 2.75) is 25.9 Å². The zero-order valence-corrected chi connectivity index (χ0v) is 11.0. The molecule has 0 spiro atoms. The third-order valence-corrected chi connectivity index (χ3v) is 3.56. The monoisotopic (exact) mass is 268 g/mol. The van der Waals surface area contributed by atoms with E-state index in [9.17, 15) is 4.79 Å². The van der Waals surface area contributed by atoms with E-state index in [0.717, 1.165) is 12.8 Å². The number of carbonyl (C=O) groups excluding carboxylic acids is 1. The lowest BCUT2D eigenvalue weighted by molar-refractivity contribution is -0.121. The zero-order valence-electron chi connectivity index (χ0n) is 10.3. The van der Waals surface area contributed by atoms with Crippen LogP contribution in [0, 0.1) is 5.92 Å². The molecule has 4 nitrogen and oxygen atoms in total. The largest absolute Gasteiger partial charge is 0.397 e. The summed E-state index contributed by atoms with van der Waals surface area (Å²) in [6.45, 7) is 2.68. The van der Waals surface area contributed by atoms with Crippen LogP contribution < -0.4 is 11.1 Å². The van der Waals surface area contributed by atoms with Crippen LogP contribution in [0.4, 0.5) is 11.4 Å². The average molecular weight is 269 g/mol. The van der Waals surface area contributed by atoms with Crippen molar-refractivity contribution in [3.05, 3.63) is 23.2 Å². The summed E-state index contributed by atoms with van der Waals surface area (Å²) in [4.78, 5) is 12.1. The van der Waals surface area contributed by atoms with E-state index in [4.69, 9.17) is 22.1 Å². The highest BCUT2D eigenvalue weighted by Crippen LogP contribution is 2.26. The van der Waals surface area contributed by atoms with Crippen LogP contribution >= 0.6 is 11.6 Å². The molecule has 5 heteroatoms. The summed E-state index contributed by atoms with van der Waals surface area (Å²) in [6, 6.07) is 5.08. The molecule has 2 rings (SSSR count). The molecule has 0 saturated carbocycles. The van der Waals surface area contributed by atoms with E-state index in [1.807, 2.05) is 6.92 Å². The standard InChI is InChI=1S/C13H17ClN2O2/c1-2-12-9(5-6-18-12)13(17)16-8-3-4-10(14)11(15)7-8/h3-4,7,9,12H,2,5-6,15H2,1H3,(H,16,17). The minimum atomic E-state index is -0.0769. The van der Waals surface area contributed by atoms with Crippen LogP contribution in [-0.4, -0.2) is 18.6 Å². The Morgan fingerprint density at radius 1 is 1.61 bits per heavy atom. The van der Waals surface area contributed by atoms with E-state index < -0.39 is 0 Å². The lowest BCUT2D eigenvalue weighted by atomic mass is 9.98. The molecule has 1 fully saturated rings. The lowest BCUT2D eigenvalue weighted by Crippen LogP contribution is -2.29. The van der Waals surface area contributed by atoms with E-state index >= 15 is 0 Å². The SMILES string of the molecule is CCC1OCCC1C(=O)Nc1ccc(Cl)c(N)c1. The van der Waals surface area contributed by atoms with Gasteiger partial charge in [-0.05, 0) is 31.0 Å². The zero-order chi connectivity index (χ0) is 13.1. The summed E-state index contributed by atoms with van der Waals surface area (Å²) in [5, 5.41) is 3.35. The number of hydrogen-bond donors (Lipinski definition) is 2. The molecule has 1 aliphatic heterocycles. The maximum absolute atomic E-state index is 12.1. The van der Waals surface area contributed by atoms with Crippen molar-refractivity contribution in [1.29, 1.82) is 0 Å². The molecule has 18 heavy (non-hydrogen) atoms. The highest BCUT2D eigenvalue weighted by atomic mass is 35.5. The van der Waals surface area contributed by atoms with E-state index in [1.165, 1.54) is 0 Å². The summed E-state index contributed by atoms with van der Waals surface area (Å²) < 4.78 is 5.51. The molecule has 98 valence electrons. The molecule has 0 aliphatic carbocycles. The highest BCUT2D eigenvalue weighted by molar-refractivity contribution is 6.33. The van der Waals surface area contributed by atoms with Gasteiger partial charge in [0.05, 0.1) is 22.7 Å². The van der Waals surface area contributed by atoms with E-state index in [2.05, 4.69) is 5.32 Å². The Hall–Kier alpha value is -1.26. The normalized spacial score (nSPS) is 23.0. The Morgan fingerprint density at radius 2 is 2.39 bits per heavy atom. The predicted octanol–water partition coefficient (Wildman–Crippen LogP) is 2.68. The second kappa shape index (κ2) is 5.59. The first-order chi connectivity index (χ1) is 8.61. The van der Waals surface area contributed by atoms with Crippen molar-refractivity contribution in [1.82, 2.24) is 0 Å². The number of halogens is 1. The molecule has 1 heterocycles.